The molecule has 0 fully saturated rings. The number of hydrogen-bond donors (Lipinski definition) is 0. The zero-order chi connectivity index (χ0) is 14.5. The molecule has 19 heavy (non-hydrogen) atoms. The van der Waals surface area contributed by atoms with Gasteiger partial charge in [0.25, 0.3) is 0 Å². The van der Waals surface area contributed by atoms with Crippen molar-refractivity contribution in [2.75, 3.05) is 32.8 Å². The number of carbonyl (C=O) groups is 1. The molecule has 0 amide bonds. The summed E-state index contributed by atoms with van der Waals surface area (Å²) in [6, 6.07) is 2.98. The van der Waals surface area contributed by atoms with Crippen LogP contribution in [-0.2, 0) is 9.84 Å². The molecule has 0 aliphatic carbocycles. The first-order chi connectivity index (χ1) is 8.91. The molecule has 1 aromatic rings. The van der Waals surface area contributed by atoms with Gasteiger partial charge in [0.2, 0.25) is 5.75 Å². The standard InChI is InChI=1S/C12H16O6S/c1-16-10-6-9(8-13)7-11(17-2)12(10)18-4-5-19(3,14)15/h6-8H,4-5H2,1-3H3. The van der Waals surface area contributed by atoms with E-state index in [-0.39, 0.29) is 18.1 Å². The number of sulfone groups is 1. The molecule has 0 radical (unpaired) electrons. The van der Waals surface area contributed by atoms with E-state index >= 15 is 0 Å². The van der Waals surface area contributed by atoms with Crippen molar-refractivity contribution in [3.63, 3.8) is 0 Å². The number of carbonyl (C=O) groups excluding carboxylic acids is 1. The first-order valence-electron chi connectivity index (χ1n) is 5.43. The molecule has 0 unspecified atom stereocenters. The van der Waals surface area contributed by atoms with Gasteiger partial charge < -0.3 is 14.2 Å². The van der Waals surface area contributed by atoms with Crippen molar-refractivity contribution in [1.82, 2.24) is 0 Å². The van der Waals surface area contributed by atoms with Crippen LogP contribution in [0.5, 0.6) is 17.2 Å². The van der Waals surface area contributed by atoms with Gasteiger partial charge in [0.1, 0.15) is 12.9 Å². The summed E-state index contributed by atoms with van der Waals surface area (Å²) in [6.07, 6.45) is 1.78. The van der Waals surface area contributed by atoms with Gasteiger partial charge in [-0.25, -0.2) is 8.42 Å². The third-order valence-electron chi connectivity index (χ3n) is 2.32. The van der Waals surface area contributed by atoms with Crippen LogP contribution in [0.15, 0.2) is 12.1 Å². The highest BCUT2D eigenvalue weighted by atomic mass is 32.2. The molecule has 6 nitrogen and oxygen atoms in total. The van der Waals surface area contributed by atoms with Crippen LogP contribution in [0.25, 0.3) is 0 Å². The molecule has 0 saturated heterocycles. The summed E-state index contributed by atoms with van der Waals surface area (Å²) in [5.74, 6) is 0.790. The van der Waals surface area contributed by atoms with Gasteiger partial charge in [0.15, 0.2) is 21.3 Å². The monoisotopic (exact) mass is 288 g/mol. The summed E-state index contributed by atoms with van der Waals surface area (Å²) < 4.78 is 37.7. The molecule has 0 heterocycles. The van der Waals surface area contributed by atoms with Crippen LogP contribution in [0.1, 0.15) is 10.4 Å². The fourth-order valence-electron chi connectivity index (χ4n) is 1.41. The maximum Gasteiger partial charge on any atom is 0.203 e. The third-order valence-corrected chi connectivity index (χ3v) is 3.23. The quantitative estimate of drug-likeness (QED) is 0.695. The number of ether oxygens (including phenoxy) is 3. The fourth-order valence-corrected chi connectivity index (χ4v) is 1.79. The Morgan fingerprint density at radius 3 is 2.05 bits per heavy atom. The lowest BCUT2D eigenvalue weighted by molar-refractivity contribution is 0.112. The summed E-state index contributed by atoms with van der Waals surface area (Å²) in [7, 11) is -0.262. The minimum absolute atomic E-state index is 0.0218. The maximum atomic E-state index is 11.0. The van der Waals surface area contributed by atoms with Crippen molar-refractivity contribution in [3.8, 4) is 17.2 Å². The van der Waals surface area contributed by atoms with E-state index < -0.39 is 9.84 Å². The van der Waals surface area contributed by atoms with Crippen LogP contribution < -0.4 is 14.2 Å². The van der Waals surface area contributed by atoms with E-state index in [0.29, 0.717) is 23.3 Å². The smallest absolute Gasteiger partial charge is 0.203 e. The second kappa shape index (κ2) is 6.42. The van der Waals surface area contributed by atoms with Crippen molar-refractivity contribution in [3.05, 3.63) is 17.7 Å². The molecule has 0 bridgehead atoms. The average molecular weight is 288 g/mol. The maximum absolute atomic E-state index is 11.0. The van der Waals surface area contributed by atoms with Gasteiger partial charge in [0, 0.05) is 11.8 Å². The molecular weight excluding hydrogens is 272 g/mol. The van der Waals surface area contributed by atoms with E-state index in [2.05, 4.69) is 0 Å². The van der Waals surface area contributed by atoms with Crippen LogP contribution in [-0.4, -0.2) is 47.5 Å². The van der Waals surface area contributed by atoms with E-state index in [1.165, 1.54) is 26.4 Å². The Balaban J connectivity index is 3.00. The molecule has 1 aromatic carbocycles. The molecule has 0 N–H and O–H groups in total. The van der Waals surface area contributed by atoms with Crippen molar-refractivity contribution < 1.29 is 27.4 Å². The first kappa shape index (κ1) is 15.3. The predicted molar refractivity (Wildman–Crippen MR) is 70.1 cm³/mol. The van der Waals surface area contributed by atoms with Crippen LogP contribution >= 0.6 is 0 Å². The molecular formula is C12H16O6S. The van der Waals surface area contributed by atoms with E-state index in [9.17, 15) is 13.2 Å². The van der Waals surface area contributed by atoms with Crippen LogP contribution in [0, 0.1) is 0 Å². The Hall–Kier alpha value is -1.76. The molecule has 0 saturated carbocycles. The van der Waals surface area contributed by atoms with Gasteiger partial charge in [-0.15, -0.1) is 0 Å². The van der Waals surface area contributed by atoms with Crippen LogP contribution in [0.3, 0.4) is 0 Å². The van der Waals surface area contributed by atoms with Crippen LogP contribution in [0.4, 0.5) is 0 Å². The van der Waals surface area contributed by atoms with E-state index in [4.69, 9.17) is 14.2 Å². The lowest BCUT2D eigenvalue weighted by Crippen LogP contribution is -2.13. The summed E-state index contributed by atoms with van der Waals surface area (Å²) in [5, 5.41) is 0. The Morgan fingerprint density at radius 1 is 1.16 bits per heavy atom. The molecule has 1 rings (SSSR count). The SMILES string of the molecule is COc1cc(C=O)cc(OC)c1OCCS(C)(=O)=O. The minimum atomic E-state index is -3.11. The predicted octanol–water partition coefficient (Wildman–Crippen LogP) is 0.940. The number of benzene rings is 1. The highest BCUT2D eigenvalue weighted by Gasteiger charge is 2.15. The zero-order valence-electron chi connectivity index (χ0n) is 11.0. The largest absolute Gasteiger partial charge is 0.493 e. The van der Waals surface area contributed by atoms with E-state index in [1.54, 1.807) is 0 Å². The first-order valence-corrected chi connectivity index (χ1v) is 7.49. The molecule has 0 aliphatic heterocycles. The Bertz CT molecular complexity index is 524. The number of hydrogen-bond acceptors (Lipinski definition) is 6. The molecule has 0 atom stereocenters. The second-order valence-corrected chi connectivity index (χ2v) is 6.11. The fraction of sp³-hybridized carbons (Fsp3) is 0.417. The summed E-state index contributed by atoms with van der Waals surface area (Å²) in [5.41, 5.74) is 0.379. The van der Waals surface area contributed by atoms with E-state index in [0.717, 1.165) is 6.26 Å². The third kappa shape index (κ3) is 4.44. The van der Waals surface area contributed by atoms with Gasteiger partial charge >= 0.3 is 0 Å². The van der Waals surface area contributed by atoms with Gasteiger partial charge in [-0.1, -0.05) is 0 Å². The van der Waals surface area contributed by atoms with Crippen LogP contribution in [0.2, 0.25) is 0 Å². The molecule has 106 valence electrons. The van der Waals surface area contributed by atoms with Gasteiger partial charge in [-0.05, 0) is 12.1 Å². The zero-order valence-corrected chi connectivity index (χ0v) is 11.8. The molecule has 7 heteroatoms. The molecule has 0 aliphatic rings. The Morgan fingerprint density at radius 2 is 1.68 bits per heavy atom. The van der Waals surface area contributed by atoms with Gasteiger partial charge in [-0.2, -0.15) is 0 Å². The average Bonchev–Trinajstić information content (AvgIpc) is 2.37. The van der Waals surface area contributed by atoms with Crippen molar-refractivity contribution in [2.24, 2.45) is 0 Å². The van der Waals surface area contributed by atoms with Gasteiger partial charge in [-0.3, -0.25) is 4.79 Å². The van der Waals surface area contributed by atoms with E-state index in [1.807, 2.05) is 0 Å². The second-order valence-electron chi connectivity index (χ2n) is 3.85. The summed E-state index contributed by atoms with van der Waals surface area (Å²) in [4.78, 5) is 10.8. The Labute approximate surface area is 112 Å². The summed E-state index contributed by atoms with van der Waals surface area (Å²) in [6.45, 7) is -0.0218. The number of rotatable bonds is 7. The molecule has 0 aromatic heterocycles. The highest BCUT2D eigenvalue weighted by molar-refractivity contribution is 7.90. The topological polar surface area (TPSA) is 78.9 Å². The minimum Gasteiger partial charge on any atom is -0.493 e. The summed E-state index contributed by atoms with van der Waals surface area (Å²) >= 11 is 0. The lowest BCUT2D eigenvalue weighted by atomic mass is 10.2. The molecule has 0 spiro atoms. The Kier molecular flexibility index (Phi) is 5.17. The highest BCUT2D eigenvalue weighted by Crippen LogP contribution is 2.38. The number of aldehydes is 1. The normalized spacial score (nSPS) is 10.9. The van der Waals surface area contributed by atoms with Crippen molar-refractivity contribution in [1.29, 1.82) is 0 Å². The van der Waals surface area contributed by atoms with Crippen molar-refractivity contribution >= 4 is 16.1 Å². The van der Waals surface area contributed by atoms with Crippen molar-refractivity contribution in [2.45, 2.75) is 0 Å². The number of methoxy groups -OCH3 is 2. The lowest BCUT2D eigenvalue weighted by Gasteiger charge is -2.14. The van der Waals surface area contributed by atoms with Gasteiger partial charge in [0.05, 0.1) is 20.0 Å².